The predicted molar refractivity (Wildman–Crippen MR) is 80.9 cm³/mol. The molecule has 1 saturated carbocycles. The molecule has 0 aromatic carbocycles. The summed E-state index contributed by atoms with van der Waals surface area (Å²) in [5, 5.41) is 14.1. The molecule has 2 atom stereocenters. The summed E-state index contributed by atoms with van der Waals surface area (Å²) in [5.41, 5.74) is -0.350. The van der Waals surface area contributed by atoms with Crippen LogP contribution in [0.4, 0.5) is 0 Å². The minimum atomic E-state index is -0.350. The summed E-state index contributed by atoms with van der Waals surface area (Å²) >= 11 is 2.11. The van der Waals surface area contributed by atoms with E-state index >= 15 is 0 Å². The number of thioether (sulfide) groups is 1. The van der Waals surface area contributed by atoms with Gasteiger partial charge in [-0.15, -0.1) is 0 Å². The summed E-state index contributed by atoms with van der Waals surface area (Å²) in [6, 6.07) is 2.46. The second-order valence-corrected chi connectivity index (χ2v) is 7.53. The zero-order valence-electron chi connectivity index (χ0n) is 12.2. The van der Waals surface area contributed by atoms with Crippen molar-refractivity contribution in [3.8, 4) is 6.07 Å². The van der Waals surface area contributed by atoms with Gasteiger partial charge in [0.25, 0.3) is 0 Å². The molecule has 104 valence electrons. The molecule has 0 heterocycles. The van der Waals surface area contributed by atoms with Gasteiger partial charge in [0.2, 0.25) is 0 Å². The fourth-order valence-corrected chi connectivity index (χ4v) is 4.40. The summed E-state index contributed by atoms with van der Waals surface area (Å²) in [6.07, 6.45) is 8.99. The Balaban J connectivity index is 2.36. The third-order valence-electron chi connectivity index (χ3n) is 3.68. The van der Waals surface area contributed by atoms with Gasteiger partial charge in [-0.1, -0.05) is 33.1 Å². The molecule has 1 N–H and O–H groups in total. The van der Waals surface area contributed by atoms with Crippen LogP contribution in [0.5, 0.6) is 0 Å². The zero-order valence-corrected chi connectivity index (χ0v) is 13.0. The smallest absolute Gasteiger partial charge is 0.104 e. The Hall–Kier alpha value is -0.200. The Bertz CT molecular complexity index is 268. The number of rotatable bonds is 7. The molecule has 0 saturated heterocycles. The fourth-order valence-electron chi connectivity index (χ4n) is 2.71. The minimum absolute atomic E-state index is 0.350. The van der Waals surface area contributed by atoms with E-state index in [0.717, 1.165) is 24.6 Å². The van der Waals surface area contributed by atoms with E-state index in [1.165, 1.54) is 32.1 Å². The molecule has 1 fully saturated rings. The normalized spacial score (nSPS) is 22.1. The Labute approximate surface area is 117 Å². The SMILES string of the molecule is CCCNC(C)(C#N)CC(C)SC1CCCCC1. The Kier molecular flexibility index (Phi) is 7.11. The fraction of sp³-hybridized carbons (Fsp3) is 0.933. The lowest BCUT2D eigenvalue weighted by Gasteiger charge is -2.29. The first-order valence-corrected chi connectivity index (χ1v) is 8.35. The van der Waals surface area contributed by atoms with Gasteiger partial charge in [-0.3, -0.25) is 5.32 Å². The summed E-state index contributed by atoms with van der Waals surface area (Å²) in [6.45, 7) is 7.40. The average Bonchev–Trinajstić information content (AvgIpc) is 2.37. The van der Waals surface area contributed by atoms with Gasteiger partial charge >= 0.3 is 0 Å². The van der Waals surface area contributed by atoms with E-state index in [2.05, 4.69) is 37.0 Å². The number of nitriles is 1. The molecule has 1 aliphatic rings. The van der Waals surface area contributed by atoms with Gasteiger partial charge in [-0.25, -0.2) is 0 Å². The van der Waals surface area contributed by atoms with Crippen molar-refractivity contribution in [3.63, 3.8) is 0 Å². The highest BCUT2D eigenvalue weighted by atomic mass is 32.2. The molecular formula is C15H28N2S. The molecule has 2 unspecified atom stereocenters. The first-order valence-electron chi connectivity index (χ1n) is 7.41. The van der Waals surface area contributed by atoms with Gasteiger partial charge in [-0.2, -0.15) is 17.0 Å². The van der Waals surface area contributed by atoms with E-state index in [9.17, 15) is 5.26 Å². The van der Waals surface area contributed by atoms with Gasteiger partial charge in [0.05, 0.1) is 6.07 Å². The van der Waals surface area contributed by atoms with E-state index in [0.29, 0.717) is 5.25 Å². The van der Waals surface area contributed by atoms with Crippen molar-refractivity contribution >= 4 is 11.8 Å². The lowest BCUT2D eigenvalue weighted by Crippen LogP contribution is -2.43. The highest BCUT2D eigenvalue weighted by Gasteiger charge is 2.27. The number of hydrogen-bond donors (Lipinski definition) is 1. The predicted octanol–water partition coefficient (Wildman–Crippen LogP) is 4.11. The van der Waals surface area contributed by atoms with Gasteiger partial charge in [0, 0.05) is 10.5 Å². The standard InChI is InChI=1S/C15H28N2S/c1-4-10-17-15(3,12-16)11-13(2)18-14-8-6-5-7-9-14/h13-14,17H,4-11H2,1-3H3. The molecule has 0 spiro atoms. The third-order valence-corrected chi connectivity index (χ3v) is 5.17. The molecule has 0 bridgehead atoms. The molecule has 0 aromatic heterocycles. The van der Waals surface area contributed by atoms with Crippen LogP contribution in [-0.2, 0) is 0 Å². The average molecular weight is 268 g/mol. The molecule has 3 heteroatoms. The molecule has 0 radical (unpaired) electrons. The Morgan fingerprint density at radius 3 is 2.61 bits per heavy atom. The molecule has 0 aromatic rings. The lowest BCUT2D eigenvalue weighted by atomic mass is 9.98. The number of nitrogens with one attached hydrogen (secondary N) is 1. The first-order chi connectivity index (χ1) is 8.59. The third kappa shape index (κ3) is 5.63. The van der Waals surface area contributed by atoms with Gasteiger partial charge < -0.3 is 0 Å². The van der Waals surface area contributed by atoms with Crippen LogP contribution in [0.1, 0.15) is 65.7 Å². The highest BCUT2D eigenvalue weighted by molar-refractivity contribution is 8.00. The van der Waals surface area contributed by atoms with E-state index in [4.69, 9.17) is 0 Å². The second kappa shape index (κ2) is 8.07. The summed E-state index contributed by atoms with van der Waals surface area (Å²) in [5.74, 6) is 0. The molecule has 1 aliphatic carbocycles. The van der Waals surface area contributed by atoms with Gasteiger partial charge in [-0.05, 0) is 39.2 Å². The van der Waals surface area contributed by atoms with Crippen LogP contribution >= 0.6 is 11.8 Å². The van der Waals surface area contributed by atoms with E-state index in [1.807, 2.05) is 6.92 Å². The summed E-state index contributed by atoms with van der Waals surface area (Å²) in [7, 11) is 0. The molecular weight excluding hydrogens is 240 g/mol. The zero-order chi connectivity index (χ0) is 13.4. The number of nitrogens with zero attached hydrogens (tertiary/aromatic N) is 1. The van der Waals surface area contributed by atoms with Gasteiger partial charge in [0.15, 0.2) is 0 Å². The second-order valence-electron chi connectivity index (χ2n) is 5.78. The van der Waals surface area contributed by atoms with Crippen molar-refractivity contribution in [2.75, 3.05) is 6.54 Å². The van der Waals surface area contributed by atoms with Crippen LogP contribution in [0.15, 0.2) is 0 Å². The van der Waals surface area contributed by atoms with Crippen molar-refractivity contribution in [2.45, 2.75) is 81.8 Å². The van der Waals surface area contributed by atoms with E-state index in [1.54, 1.807) is 0 Å². The van der Waals surface area contributed by atoms with Gasteiger partial charge in [0.1, 0.15) is 5.54 Å². The van der Waals surface area contributed by atoms with Crippen molar-refractivity contribution < 1.29 is 0 Å². The van der Waals surface area contributed by atoms with Crippen molar-refractivity contribution in [1.82, 2.24) is 5.32 Å². The number of hydrogen-bond acceptors (Lipinski definition) is 3. The van der Waals surface area contributed by atoms with E-state index < -0.39 is 0 Å². The minimum Gasteiger partial charge on any atom is -0.300 e. The van der Waals surface area contributed by atoms with Crippen LogP contribution in [0.2, 0.25) is 0 Å². The quantitative estimate of drug-likeness (QED) is 0.754. The molecule has 1 rings (SSSR count). The maximum Gasteiger partial charge on any atom is 0.104 e. The maximum atomic E-state index is 9.34. The Morgan fingerprint density at radius 2 is 2.06 bits per heavy atom. The van der Waals surface area contributed by atoms with Crippen molar-refractivity contribution in [1.29, 1.82) is 5.26 Å². The summed E-state index contributed by atoms with van der Waals surface area (Å²) < 4.78 is 0. The van der Waals surface area contributed by atoms with Crippen molar-refractivity contribution in [3.05, 3.63) is 0 Å². The molecule has 18 heavy (non-hydrogen) atoms. The lowest BCUT2D eigenvalue weighted by molar-refractivity contribution is 0.417. The molecule has 2 nitrogen and oxygen atoms in total. The molecule has 0 aliphatic heterocycles. The Morgan fingerprint density at radius 1 is 1.39 bits per heavy atom. The van der Waals surface area contributed by atoms with Crippen LogP contribution in [0.3, 0.4) is 0 Å². The van der Waals surface area contributed by atoms with Crippen molar-refractivity contribution in [2.24, 2.45) is 0 Å². The van der Waals surface area contributed by atoms with Crippen LogP contribution in [0.25, 0.3) is 0 Å². The van der Waals surface area contributed by atoms with E-state index in [-0.39, 0.29) is 5.54 Å². The van der Waals surface area contributed by atoms with Crippen LogP contribution in [-0.4, -0.2) is 22.6 Å². The van der Waals surface area contributed by atoms with Crippen LogP contribution in [0, 0.1) is 11.3 Å². The summed E-state index contributed by atoms with van der Waals surface area (Å²) in [4.78, 5) is 0. The first kappa shape index (κ1) is 15.9. The molecule has 0 amide bonds. The monoisotopic (exact) mass is 268 g/mol. The topological polar surface area (TPSA) is 35.8 Å². The van der Waals surface area contributed by atoms with Crippen LogP contribution < -0.4 is 5.32 Å². The maximum absolute atomic E-state index is 9.34. The highest BCUT2D eigenvalue weighted by Crippen LogP contribution is 2.33. The largest absolute Gasteiger partial charge is 0.300 e.